The highest BCUT2D eigenvalue weighted by molar-refractivity contribution is 9.10. The van der Waals surface area contributed by atoms with Crippen LogP contribution in [0, 0.1) is 0 Å². The molecule has 0 aliphatic carbocycles. The van der Waals surface area contributed by atoms with Crippen LogP contribution in [0.4, 0.5) is 5.69 Å². The molecule has 0 radical (unpaired) electrons. The number of nitrogens with one attached hydrogen (secondary N) is 1. The van der Waals surface area contributed by atoms with Crippen LogP contribution in [0.25, 0.3) is 22.1 Å². The third-order valence-electron chi connectivity index (χ3n) is 5.52. The Bertz CT molecular complexity index is 1920. The lowest BCUT2D eigenvalue weighted by Gasteiger charge is -2.11. The summed E-state index contributed by atoms with van der Waals surface area (Å²) in [6.45, 7) is 0. The van der Waals surface area contributed by atoms with Gasteiger partial charge in [0.2, 0.25) is 0 Å². The molecular formula is C27H18BrNO7S2. The van der Waals surface area contributed by atoms with Crippen molar-refractivity contribution in [2.24, 2.45) is 0 Å². The lowest BCUT2D eigenvalue weighted by molar-refractivity contribution is 0.475. The number of anilines is 1. The Labute approximate surface area is 226 Å². The summed E-state index contributed by atoms with van der Waals surface area (Å²) in [6.07, 6.45) is 0. The highest BCUT2D eigenvalue weighted by atomic mass is 79.9. The molecule has 0 bridgehead atoms. The topological polar surface area (TPSA) is 120 Å². The van der Waals surface area contributed by atoms with Crippen molar-refractivity contribution < 1.29 is 25.4 Å². The summed E-state index contributed by atoms with van der Waals surface area (Å²) in [6, 6.07) is 27.2. The molecule has 4 aromatic carbocycles. The minimum absolute atomic E-state index is 0.0622. The van der Waals surface area contributed by atoms with E-state index in [1.807, 2.05) is 30.3 Å². The van der Waals surface area contributed by atoms with Gasteiger partial charge < -0.3 is 8.60 Å². The van der Waals surface area contributed by atoms with Gasteiger partial charge in [-0.25, -0.2) is 13.2 Å². The Hall–Kier alpha value is -3.93. The molecule has 192 valence electrons. The molecule has 5 rings (SSSR count). The molecule has 0 saturated carbocycles. The first kappa shape index (κ1) is 25.7. The molecule has 0 unspecified atom stereocenters. The summed E-state index contributed by atoms with van der Waals surface area (Å²) in [7, 11) is -8.37. The number of benzene rings is 4. The average Bonchev–Trinajstić information content (AvgIpc) is 2.90. The van der Waals surface area contributed by atoms with Gasteiger partial charge in [-0.05, 0) is 53.6 Å². The van der Waals surface area contributed by atoms with Crippen LogP contribution < -0.4 is 14.5 Å². The molecule has 0 amide bonds. The second kappa shape index (κ2) is 10.1. The minimum Gasteiger partial charge on any atom is -0.417 e. The van der Waals surface area contributed by atoms with Crippen LogP contribution in [-0.4, -0.2) is 16.8 Å². The molecule has 8 nitrogen and oxygen atoms in total. The van der Waals surface area contributed by atoms with Crippen molar-refractivity contribution >= 4 is 52.7 Å². The Morgan fingerprint density at radius 3 is 2.11 bits per heavy atom. The van der Waals surface area contributed by atoms with Crippen LogP contribution >= 0.6 is 15.9 Å². The second-order valence-corrected chi connectivity index (χ2v) is 12.3. The van der Waals surface area contributed by atoms with Gasteiger partial charge in [0.1, 0.15) is 10.6 Å². The van der Waals surface area contributed by atoms with Crippen molar-refractivity contribution in [3.63, 3.8) is 0 Å². The third kappa shape index (κ3) is 5.35. The number of hydrogen-bond acceptors (Lipinski definition) is 7. The first-order chi connectivity index (χ1) is 18.1. The van der Waals surface area contributed by atoms with E-state index in [2.05, 4.69) is 20.7 Å². The van der Waals surface area contributed by atoms with Gasteiger partial charge in [-0.3, -0.25) is 4.72 Å². The lowest BCUT2D eigenvalue weighted by atomic mass is 10.1. The average molecular weight is 612 g/mol. The van der Waals surface area contributed by atoms with Crippen LogP contribution in [0.5, 0.6) is 5.75 Å². The third-order valence-corrected chi connectivity index (χ3v) is 8.63. The number of fused-ring (bicyclic) bond motifs is 1. The van der Waals surface area contributed by atoms with Gasteiger partial charge in [-0.2, -0.15) is 8.42 Å². The number of para-hydroxylation sites is 1. The summed E-state index contributed by atoms with van der Waals surface area (Å²) >= 11 is 3.21. The van der Waals surface area contributed by atoms with E-state index in [9.17, 15) is 21.6 Å². The van der Waals surface area contributed by atoms with Gasteiger partial charge in [-0.1, -0.05) is 76.6 Å². The zero-order chi connectivity index (χ0) is 26.9. The zero-order valence-corrected chi connectivity index (χ0v) is 22.6. The predicted octanol–water partition coefficient (Wildman–Crippen LogP) is 5.79. The summed E-state index contributed by atoms with van der Waals surface area (Å²) < 4.78 is 64.9. The molecule has 5 aromatic rings. The first-order valence-electron chi connectivity index (χ1n) is 11.1. The van der Waals surface area contributed by atoms with Crippen LogP contribution in [-0.2, 0) is 20.1 Å². The molecule has 0 atom stereocenters. The number of halogens is 1. The SMILES string of the molecule is O=c1oc2c(OS(=O)(=O)c3ccc(-c4ccccc4)cc3)cccc2cc1NS(=O)(=O)c1cccc(Br)c1. The molecule has 38 heavy (non-hydrogen) atoms. The van der Waals surface area contributed by atoms with E-state index in [4.69, 9.17) is 8.60 Å². The van der Waals surface area contributed by atoms with Crippen molar-refractivity contribution in [3.05, 3.63) is 118 Å². The number of sulfonamides is 1. The van der Waals surface area contributed by atoms with E-state index in [1.54, 1.807) is 24.3 Å². The van der Waals surface area contributed by atoms with Gasteiger partial charge in [0.15, 0.2) is 11.3 Å². The van der Waals surface area contributed by atoms with E-state index >= 15 is 0 Å². The number of hydrogen-bond donors (Lipinski definition) is 1. The molecule has 1 heterocycles. The first-order valence-corrected chi connectivity index (χ1v) is 14.8. The summed E-state index contributed by atoms with van der Waals surface area (Å²) in [5, 5.41) is 0.253. The van der Waals surface area contributed by atoms with Crippen molar-refractivity contribution in [1.29, 1.82) is 0 Å². The van der Waals surface area contributed by atoms with E-state index < -0.39 is 25.8 Å². The van der Waals surface area contributed by atoms with Gasteiger partial charge >= 0.3 is 15.7 Å². The molecule has 0 spiro atoms. The number of rotatable bonds is 7. The van der Waals surface area contributed by atoms with Crippen molar-refractivity contribution in [2.45, 2.75) is 9.79 Å². The zero-order valence-electron chi connectivity index (χ0n) is 19.4. The Morgan fingerprint density at radius 2 is 1.39 bits per heavy atom. The maximum atomic E-state index is 13.0. The summed E-state index contributed by atoms with van der Waals surface area (Å²) in [5.74, 6) is -0.215. The van der Waals surface area contributed by atoms with E-state index in [1.165, 1.54) is 48.5 Å². The molecule has 0 aliphatic heterocycles. The maximum absolute atomic E-state index is 13.0. The summed E-state index contributed by atoms with van der Waals surface area (Å²) in [4.78, 5) is 12.5. The van der Waals surface area contributed by atoms with Gasteiger partial charge in [0.25, 0.3) is 10.0 Å². The van der Waals surface area contributed by atoms with Crippen molar-refractivity contribution in [3.8, 4) is 16.9 Å². The summed E-state index contributed by atoms with van der Waals surface area (Å²) in [5.41, 5.74) is 0.260. The molecule has 1 N–H and O–H groups in total. The Kier molecular flexibility index (Phi) is 6.82. The molecule has 1 aromatic heterocycles. The largest absolute Gasteiger partial charge is 0.417 e. The van der Waals surface area contributed by atoms with E-state index in [-0.39, 0.29) is 32.2 Å². The fraction of sp³-hybridized carbons (Fsp3) is 0. The Balaban J connectivity index is 1.44. The molecular weight excluding hydrogens is 594 g/mol. The quantitative estimate of drug-likeness (QED) is 0.183. The highest BCUT2D eigenvalue weighted by Gasteiger charge is 2.22. The lowest BCUT2D eigenvalue weighted by Crippen LogP contribution is -2.18. The van der Waals surface area contributed by atoms with Gasteiger partial charge in [0, 0.05) is 9.86 Å². The normalized spacial score (nSPS) is 11.8. The van der Waals surface area contributed by atoms with Gasteiger partial charge in [0.05, 0.1) is 4.90 Å². The fourth-order valence-corrected chi connectivity index (χ4v) is 6.28. The van der Waals surface area contributed by atoms with Crippen LogP contribution in [0.1, 0.15) is 0 Å². The van der Waals surface area contributed by atoms with Crippen LogP contribution in [0.15, 0.2) is 127 Å². The van der Waals surface area contributed by atoms with E-state index in [0.717, 1.165) is 11.1 Å². The van der Waals surface area contributed by atoms with Crippen molar-refractivity contribution in [1.82, 2.24) is 0 Å². The second-order valence-electron chi connectivity index (χ2n) is 8.11. The monoisotopic (exact) mass is 611 g/mol. The fourth-order valence-electron chi connectivity index (χ4n) is 3.70. The van der Waals surface area contributed by atoms with Crippen LogP contribution in [0.2, 0.25) is 0 Å². The highest BCUT2D eigenvalue weighted by Crippen LogP contribution is 2.30. The predicted molar refractivity (Wildman–Crippen MR) is 147 cm³/mol. The van der Waals surface area contributed by atoms with Gasteiger partial charge in [-0.15, -0.1) is 0 Å². The van der Waals surface area contributed by atoms with E-state index in [0.29, 0.717) is 4.47 Å². The van der Waals surface area contributed by atoms with Crippen LogP contribution in [0.3, 0.4) is 0 Å². The smallest absolute Gasteiger partial charge is 0.360 e. The maximum Gasteiger partial charge on any atom is 0.360 e. The molecule has 0 aliphatic rings. The van der Waals surface area contributed by atoms with Crippen molar-refractivity contribution in [2.75, 3.05) is 4.72 Å². The standard InChI is InChI=1S/C27H18BrNO7S2/c28-21-9-5-10-23(17-21)37(31,32)29-24-16-20-8-4-11-25(26(20)35-27(24)30)36-38(33,34)22-14-12-19(13-15-22)18-6-2-1-3-7-18/h1-17,29H. The molecule has 0 saturated heterocycles. The minimum atomic E-state index is -4.27. The molecule has 0 fully saturated rings. The Morgan fingerprint density at radius 1 is 0.711 bits per heavy atom. The molecule has 11 heteroatoms.